The number of anilines is 1. The first-order valence-electron chi connectivity index (χ1n) is 6.65. The van der Waals surface area contributed by atoms with Crippen LogP contribution in [-0.4, -0.2) is 17.4 Å². The summed E-state index contributed by atoms with van der Waals surface area (Å²) in [4.78, 5) is 23.8. The zero-order valence-corrected chi connectivity index (χ0v) is 11.9. The van der Waals surface area contributed by atoms with Gasteiger partial charge in [-0.2, -0.15) is 0 Å². The van der Waals surface area contributed by atoms with Crippen LogP contribution in [-0.2, 0) is 9.59 Å². The van der Waals surface area contributed by atoms with Gasteiger partial charge in [0.05, 0.1) is 11.8 Å². The van der Waals surface area contributed by atoms with Gasteiger partial charge in [0.15, 0.2) is 0 Å². The molecule has 4 nitrogen and oxygen atoms in total. The molecule has 0 bridgehead atoms. The van der Waals surface area contributed by atoms with Crippen molar-refractivity contribution >= 4 is 17.5 Å². The second-order valence-corrected chi connectivity index (χ2v) is 6.19. The van der Waals surface area contributed by atoms with Gasteiger partial charge in [-0.05, 0) is 45.4 Å². The van der Waals surface area contributed by atoms with Crippen molar-refractivity contribution in [3.05, 3.63) is 30.1 Å². The second kappa shape index (κ2) is 5.23. The molecule has 2 rings (SSSR count). The van der Waals surface area contributed by atoms with E-state index < -0.39 is 5.82 Å². The van der Waals surface area contributed by atoms with E-state index in [1.165, 1.54) is 18.2 Å². The van der Waals surface area contributed by atoms with Crippen molar-refractivity contribution in [2.75, 3.05) is 5.32 Å². The fraction of sp³-hybridized carbons (Fsp3) is 0.467. The summed E-state index contributed by atoms with van der Waals surface area (Å²) in [5.74, 6) is -1.33. The Morgan fingerprint density at radius 3 is 2.45 bits per heavy atom. The number of nitrogens with one attached hydrogen (secondary N) is 2. The minimum atomic E-state index is -0.402. The van der Waals surface area contributed by atoms with Gasteiger partial charge in [0.2, 0.25) is 11.8 Å². The Labute approximate surface area is 117 Å². The van der Waals surface area contributed by atoms with E-state index in [-0.39, 0.29) is 29.2 Å². The zero-order valence-electron chi connectivity index (χ0n) is 11.9. The van der Waals surface area contributed by atoms with Gasteiger partial charge in [0.25, 0.3) is 0 Å². The molecule has 20 heavy (non-hydrogen) atoms. The average Bonchev–Trinajstić information content (AvgIpc) is 3.06. The summed E-state index contributed by atoms with van der Waals surface area (Å²) in [5.41, 5.74) is 0.111. The Morgan fingerprint density at radius 2 is 1.85 bits per heavy atom. The van der Waals surface area contributed by atoms with E-state index in [1.807, 2.05) is 20.8 Å². The Balaban J connectivity index is 1.89. The highest BCUT2D eigenvalue weighted by molar-refractivity contribution is 5.99. The Hall–Kier alpha value is -1.91. The highest BCUT2D eigenvalue weighted by Gasteiger charge is 2.48. The van der Waals surface area contributed by atoms with E-state index in [1.54, 1.807) is 6.07 Å². The maximum Gasteiger partial charge on any atom is 0.228 e. The third kappa shape index (κ3) is 3.79. The van der Waals surface area contributed by atoms with Crippen LogP contribution >= 0.6 is 0 Å². The summed E-state index contributed by atoms with van der Waals surface area (Å²) in [5, 5.41) is 5.49. The van der Waals surface area contributed by atoms with E-state index in [0.29, 0.717) is 12.1 Å². The molecule has 1 aromatic rings. The lowest BCUT2D eigenvalue weighted by Crippen LogP contribution is -2.42. The molecular formula is C15H19FN2O2. The maximum atomic E-state index is 13.0. The number of halogens is 1. The second-order valence-electron chi connectivity index (χ2n) is 6.19. The van der Waals surface area contributed by atoms with Crippen molar-refractivity contribution in [2.45, 2.75) is 32.7 Å². The fourth-order valence-electron chi connectivity index (χ4n) is 2.04. The fourth-order valence-corrected chi connectivity index (χ4v) is 2.04. The monoisotopic (exact) mass is 278 g/mol. The van der Waals surface area contributed by atoms with Crippen LogP contribution in [0.3, 0.4) is 0 Å². The summed E-state index contributed by atoms with van der Waals surface area (Å²) < 4.78 is 13.0. The largest absolute Gasteiger partial charge is 0.351 e. The van der Waals surface area contributed by atoms with Gasteiger partial charge in [-0.15, -0.1) is 0 Å². The molecule has 1 saturated carbocycles. The van der Waals surface area contributed by atoms with E-state index in [9.17, 15) is 14.0 Å². The number of amides is 2. The standard InChI is InChI=1S/C15H19FN2O2/c1-15(2,3)18-14(20)12-8-11(12)13(19)17-10-6-4-5-9(16)7-10/h4-7,11-12H,8H2,1-3H3,(H,17,19)(H,18,20). The molecule has 0 spiro atoms. The highest BCUT2D eigenvalue weighted by Crippen LogP contribution is 2.39. The molecule has 1 aromatic carbocycles. The molecule has 1 fully saturated rings. The molecule has 0 radical (unpaired) electrons. The number of rotatable bonds is 3. The predicted molar refractivity (Wildman–Crippen MR) is 74.5 cm³/mol. The van der Waals surface area contributed by atoms with Crippen molar-refractivity contribution in [1.29, 1.82) is 0 Å². The molecule has 1 aliphatic carbocycles. The molecule has 2 amide bonds. The van der Waals surface area contributed by atoms with Crippen LogP contribution in [0, 0.1) is 17.7 Å². The van der Waals surface area contributed by atoms with Crippen LogP contribution in [0.15, 0.2) is 24.3 Å². The minimum absolute atomic E-state index is 0.100. The molecule has 2 atom stereocenters. The number of hydrogen-bond donors (Lipinski definition) is 2. The molecule has 0 saturated heterocycles. The summed E-state index contributed by atoms with van der Waals surface area (Å²) in [6.45, 7) is 5.69. The highest BCUT2D eigenvalue weighted by atomic mass is 19.1. The van der Waals surface area contributed by atoms with Crippen molar-refractivity contribution < 1.29 is 14.0 Å². The third-order valence-electron chi connectivity index (χ3n) is 3.05. The van der Waals surface area contributed by atoms with Gasteiger partial charge in [0.1, 0.15) is 5.82 Å². The lowest BCUT2D eigenvalue weighted by atomic mass is 10.1. The van der Waals surface area contributed by atoms with Gasteiger partial charge < -0.3 is 10.6 Å². The normalized spacial score (nSPS) is 21.2. The maximum absolute atomic E-state index is 13.0. The summed E-state index contributed by atoms with van der Waals surface area (Å²) >= 11 is 0. The van der Waals surface area contributed by atoms with Crippen LogP contribution in [0.25, 0.3) is 0 Å². The molecule has 0 aliphatic heterocycles. The lowest BCUT2D eigenvalue weighted by molar-refractivity contribution is -0.126. The molecule has 0 heterocycles. The third-order valence-corrected chi connectivity index (χ3v) is 3.05. The molecule has 2 unspecified atom stereocenters. The van der Waals surface area contributed by atoms with Gasteiger partial charge in [-0.3, -0.25) is 9.59 Å². The van der Waals surface area contributed by atoms with Gasteiger partial charge in [0, 0.05) is 11.2 Å². The molecule has 108 valence electrons. The number of benzene rings is 1. The van der Waals surface area contributed by atoms with E-state index in [2.05, 4.69) is 10.6 Å². The molecule has 5 heteroatoms. The molecule has 0 aromatic heterocycles. The lowest BCUT2D eigenvalue weighted by Gasteiger charge is -2.20. The Morgan fingerprint density at radius 1 is 1.20 bits per heavy atom. The first-order chi connectivity index (χ1) is 9.26. The molecular weight excluding hydrogens is 259 g/mol. The number of carbonyl (C=O) groups excluding carboxylic acids is 2. The number of carbonyl (C=O) groups is 2. The SMILES string of the molecule is CC(C)(C)NC(=O)C1CC1C(=O)Nc1cccc(F)c1. The van der Waals surface area contributed by atoms with E-state index in [0.717, 1.165) is 0 Å². The van der Waals surface area contributed by atoms with E-state index >= 15 is 0 Å². The minimum Gasteiger partial charge on any atom is -0.351 e. The quantitative estimate of drug-likeness (QED) is 0.891. The van der Waals surface area contributed by atoms with Gasteiger partial charge >= 0.3 is 0 Å². The summed E-state index contributed by atoms with van der Waals surface area (Å²) in [7, 11) is 0. The van der Waals surface area contributed by atoms with Crippen molar-refractivity contribution in [2.24, 2.45) is 11.8 Å². The number of hydrogen-bond acceptors (Lipinski definition) is 2. The Bertz CT molecular complexity index is 537. The van der Waals surface area contributed by atoms with Gasteiger partial charge in [-0.1, -0.05) is 6.07 Å². The first-order valence-corrected chi connectivity index (χ1v) is 6.65. The predicted octanol–water partition coefficient (Wildman–Crippen LogP) is 2.32. The van der Waals surface area contributed by atoms with Crippen LogP contribution in [0.1, 0.15) is 27.2 Å². The van der Waals surface area contributed by atoms with Crippen LogP contribution in [0.5, 0.6) is 0 Å². The zero-order chi connectivity index (χ0) is 14.9. The van der Waals surface area contributed by atoms with Crippen LogP contribution < -0.4 is 10.6 Å². The first kappa shape index (κ1) is 14.5. The smallest absolute Gasteiger partial charge is 0.228 e. The van der Waals surface area contributed by atoms with Crippen molar-refractivity contribution in [3.8, 4) is 0 Å². The summed E-state index contributed by atoms with van der Waals surface area (Å²) in [6.07, 6.45) is 0.545. The van der Waals surface area contributed by atoms with Crippen LogP contribution in [0.2, 0.25) is 0 Å². The van der Waals surface area contributed by atoms with Crippen molar-refractivity contribution in [3.63, 3.8) is 0 Å². The average molecular weight is 278 g/mol. The molecule has 2 N–H and O–H groups in total. The summed E-state index contributed by atoms with van der Waals surface area (Å²) in [6, 6.07) is 5.71. The molecule has 1 aliphatic rings. The van der Waals surface area contributed by atoms with Crippen LogP contribution in [0.4, 0.5) is 10.1 Å². The Kier molecular flexibility index (Phi) is 3.79. The topological polar surface area (TPSA) is 58.2 Å². The van der Waals surface area contributed by atoms with E-state index in [4.69, 9.17) is 0 Å². The van der Waals surface area contributed by atoms with Crippen molar-refractivity contribution in [1.82, 2.24) is 5.32 Å². The van der Waals surface area contributed by atoms with Gasteiger partial charge in [-0.25, -0.2) is 4.39 Å².